The van der Waals surface area contributed by atoms with Crippen LogP contribution in [0.2, 0.25) is 18.1 Å². The van der Waals surface area contributed by atoms with Crippen LogP contribution < -0.4 is 0 Å². The molecule has 1 aromatic rings. The fourth-order valence-electron chi connectivity index (χ4n) is 3.19. The van der Waals surface area contributed by atoms with E-state index in [1.807, 2.05) is 13.8 Å². The van der Waals surface area contributed by atoms with E-state index in [0.29, 0.717) is 17.4 Å². The molecule has 1 aromatic carbocycles. The Hall–Kier alpha value is -1.87. The van der Waals surface area contributed by atoms with Gasteiger partial charge in [-0.2, -0.15) is 13.2 Å². The van der Waals surface area contributed by atoms with Gasteiger partial charge < -0.3 is 13.9 Å². The van der Waals surface area contributed by atoms with Crippen LogP contribution in [-0.2, 0) is 20.1 Å². The lowest BCUT2D eigenvalue weighted by molar-refractivity contribution is -0.137. The number of halogens is 3. The van der Waals surface area contributed by atoms with E-state index in [1.165, 1.54) is 19.2 Å². The number of alkyl halides is 3. The van der Waals surface area contributed by atoms with E-state index < -0.39 is 32.2 Å². The lowest BCUT2D eigenvalue weighted by Gasteiger charge is -2.41. The van der Waals surface area contributed by atoms with Crippen molar-refractivity contribution in [1.29, 1.82) is 0 Å². The van der Waals surface area contributed by atoms with Crippen LogP contribution >= 0.6 is 0 Å². The van der Waals surface area contributed by atoms with Crippen molar-refractivity contribution in [3.05, 3.63) is 35.4 Å². The molecule has 0 spiro atoms. The van der Waals surface area contributed by atoms with Gasteiger partial charge in [-0.25, -0.2) is 9.98 Å². The average molecular weight is 473 g/mol. The van der Waals surface area contributed by atoms with Crippen LogP contribution in [0.5, 0.6) is 0 Å². The molecular weight excluding hydrogens is 437 g/mol. The summed E-state index contributed by atoms with van der Waals surface area (Å²) in [6, 6.07) is 4.07. The molecule has 0 radical (unpaired) electrons. The molecule has 0 N–H and O–H groups in total. The zero-order valence-electron chi connectivity index (χ0n) is 20.4. The molecule has 9 heteroatoms. The van der Waals surface area contributed by atoms with Gasteiger partial charge in [-0.1, -0.05) is 46.8 Å². The summed E-state index contributed by atoms with van der Waals surface area (Å²) < 4.78 is 57.2. The number of methoxy groups -OCH3 is 2. The highest BCUT2D eigenvalue weighted by Gasteiger charge is 2.44. The second-order valence-corrected chi connectivity index (χ2v) is 14.7. The van der Waals surface area contributed by atoms with Crippen molar-refractivity contribution < 1.29 is 27.1 Å². The fourth-order valence-corrected chi connectivity index (χ4v) is 4.44. The molecule has 180 valence electrons. The Balaban J connectivity index is 2.60. The van der Waals surface area contributed by atoms with Gasteiger partial charge in [-0.05, 0) is 41.7 Å². The Labute approximate surface area is 190 Å². The summed E-state index contributed by atoms with van der Waals surface area (Å²) in [5.74, 6) is 0.972. The number of ether oxygens (including phenoxy) is 2. The molecule has 0 aromatic heterocycles. The van der Waals surface area contributed by atoms with Crippen molar-refractivity contribution in [2.75, 3.05) is 14.2 Å². The monoisotopic (exact) mass is 472 g/mol. The van der Waals surface area contributed by atoms with Gasteiger partial charge in [0.05, 0.1) is 19.8 Å². The van der Waals surface area contributed by atoms with Crippen molar-refractivity contribution in [1.82, 2.24) is 0 Å². The molecule has 32 heavy (non-hydrogen) atoms. The van der Waals surface area contributed by atoms with Gasteiger partial charge in [0, 0.05) is 0 Å². The summed E-state index contributed by atoms with van der Waals surface area (Å²) in [5, 5.41) is -0.121. The summed E-state index contributed by atoms with van der Waals surface area (Å²) in [5.41, 5.74) is -0.127. The Kier molecular flexibility index (Phi) is 7.87. The molecule has 0 saturated carbocycles. The molecule has 1 heterocycles. The smallest absolute Gasteiger partial charge is 0.416 e. The molecule has 0 saturated heterocycles. The Morgan fingerprint density at radius 1 is 0.875 bits per heavy atom. The highest BCUT2D eigenvalue weighted by Crippen LogP contribution is 2.42. The van der Waals surface area contributed by atoms with Crippen LogP contribution in [0.15, 0.2) is 34.3 Å². The maximum atomic E-state index is 13.1. The number of nitrogens with zero attached hydrogens (tertiary/aromatic N) is 2. The minimum atomic E-state index is -4.41. The number of aliphatic imine (C=N–C) groups is 2. The number of hydrogen-bond acceptors (Lipinski definition) is 5. The zero-order chi connectivity index (χ0) is 24.5. The Morgan fingerprint density at radius 2 is 1.34 bits per heavy atom. The van der Waals surface area contributed by atoms with Crippen LogP contribution in [0, 0.1) is 5.92 Å². The quantitative estimate of drug-likeness (QED) is 0.475. The third-order valence-corrected chi connectivity index (χ3v) is 10.6. The van der Waals surface area contributed by atoms with E-state index in [0.717, 1.165) is 12.1 Å². The van der Waals surface area contributed by atoms with Crippen LogP contribution in [0.25, 0.3) is 0 Å². The van der Waals surface area contributed by atoms with Crippen LogP contribution in [-0.4, -0.2) is 46.4 Å². The normalized spacial score (nSPS) is 21.2. The highest BCUT2D eigenvalue weighted by molar-refractivity contribution is 6.74. The predicted octanol–water partition coefficient (Wildman–Crippen LogP) is 6.26. The van der Waals surface area contributed by atoms with Crippen LogP contribution in [0.4, 0.5) is 13.2 Å². The van der Waals surface area contributed by atoms with Crippen molar-refractivity contribution >= 4 is 20.1 Å². The molecule has 0 bridgehead atoms. The lowest BCUT2D eigenvalue weighted by atomic mass is 9.97. The predicted molar refractivity (Wildman–Crippen MR) is 124 cm³/mol. The number of rotatable bonds is 5. The maximum Gasteiger partial charge on any atom is 0.416 e. The zero-order valence-corrected chi connectivity index (χ0v) is 21.4. The van der Waals surface area contributed by atoms with Crippen LogP contribution in [0.3, 0.4) is 0 Å². The first-order valence-corrected chi connectivity index (χ1v) is 13.6. The molecule has 0 fully saturated rings. The van der Waals surface area contributed by atoms with Gasteiger partial charge >= 0.3 is 6.18 Å². The topological polar surface area (TPSA) is 52.4 Å². The first kappa shape index (κ1) is 26.4. The van der Waals surface area contributed by atoms with Crippen molar-refractivity contribution in [2.45, 2.75) is 77.1 Å². The summed E-state index contributed by atoms with van der Waals surface area (Å²) in [4.78, 5) is 9.51. The number of hydrogen-bond donors (Lipinski definition) is 0. The Bertz CT molecular complexity index is 844. The van der Waals surface area contributed by atoms with Crippen molar-refractivity contribution in [3.63, 3.8) is 0 Å². The summed E-state index contributed by atoms with van der Waals surface area (Å²) in [6.45, 7) is 14.5. The molecule has 0 aliphatic carbocycles. The average Bonchev–Trinajstić information content (AvgIpc) is 2.69. The van der Waals surface area contributed by atoms with E-state index in [9.17, 15) is 13.2 Å². The van der Waals surface area contributed by atoms with Crippen molar-refractivity contribution in [2.24, 2.45) is 15.9 Å². The summed E-state index contributed by atoms with van der Waals surface area (Å²) in [6.07, 6.45) is -5.08. The van der Waals surface area contributed by atoms with Gasteiger partial charge in [0.2, 0.25) is 11.8 Å². The van der Waals surface area contributed by atoms with Gasteiger partial charge in [-0.3, -0.25) is 0 Å². The van der Waals surface area contributed by atoms with E-state index in [-0.39, 0.29) is 17.0 Å². The fraction of sp³-hybridized carbons (Fsp3) is 0.652. The molecule has 1 aliphatic rings. The third-order valence-electron chi connectivity index (χ3n) is 6.17. The molecule has 2 rings (SSSR count). The summed E-state index contributed by atoms with van der Waals surface area (Å²) in [7, 11) is 0.721. The molecular formula is C23H35F3N2O3Si. The highest BCUT2D eigenvalue weighted by atomic mass is 28.4. The van der Waals surface area contributed by atoms with Gasteiger partial charge in [0.25, 0.3) is 0 Å². The molecule has 3 atom stereocenters. The van der Waals surface area contributed by atoms with Gasteiger partial charge in [0.15, 0.2) is 14.4 Å². The van der Waals surface area contributed by atoms with Gasteiger partial charge in [0.1, 0.15) is 12.1 Å². The first-order chi connectivity index (χ1) is 14.6. The van der Waals surface area contributed by atoms with Gasteiger partial charge in [-0.15, -0.1) is 0 Å². The third kappa shape index (κ3) is 5.73. The molecule has 0 amide bonds. The molecule has 1 aliphatic heterocycles. The Morgan fingerprint density at radius 3 is 1.75 bits per heavy atom. The SMILES string of the molecule is COC1=N[C@H](C(C)C)C(OC)=N[C@H]1[C@H](O[Si](C)(C)C(C)(C)C)c1ccc(C(F)(F)F)cc1. The first-order valence-electron chi connectivity index (χ1n) is 10.7. The van der Waals surface area contributed by atoms with Crippen LogP contribution in [0.1, 0.15) is 51.8 Å². The van der Waals surface area contributed by atoms with E-state index in [2.05, 4.69) is 33.9 Å². The minimum absolute atomic E-state index is 0.121. The lowest BCUT2D eigenvalue weighted by Crippen LogP contribution is -2.47. The maximum absolute atomic E-state index is 13.1. The number of benzene rings is 1. The standard InChI is InChI=1S/C23H35F3N2O3Si/c1-14(2)17-20(29-6)28-18(21(27-17)30-7)19(31-32(8,9)22(3,4)5)15-10-12-16(13-11-15)23(24,25)26/h10-14,17-19H,1-9H3/t17-,18+,19-/m1/s1. The van der Waals surface area contributed by atoms with E-state index in [4.69, 9.17) is 23.9 Å². The molecule has 5 nitrogen and oxygen atoms in total. The molecule has 0 unspecified atom stereocenters. The summed E-state index contributed by atoms with van der Waals surface area (Å²) >= 11 is 0. The largest absolute Gasteiger partial charge is 0.483 e. The minimum Gasteiger partial charge on any atom is -0.483 e. The second kappa shape index (κ2) is 9.55. The van der Waals surface area contributed by atoms with Crippen molar-refractivity contribution in [3.8, 4) is 0 Å². The van der Waals surface area contributed by atoms with E-state index >= 15 is 0 Å². The second-order valence-electron chi connectivity index (χ2n) is 9.90. The van der Waals surface area contributed by atoms with E-state index in [1.54, 1.807) is 7.11 Å².